The Hall–Kier alpha value is -5.29. The Bertz CT molecular complexity index is 1990. The van der Waals surface area contributed by atoms with Crippen molar-refractivity contribution in [3.63, 3.8) is 0 Å². The molecule has 0 radical (unpaired) electrons. The molecule has 55 heavy (non-hydrogen) atoms. The highest BCUT2D eigenvalue weighted by Crippen LogP contribution is 2.41. The van der Waals surface area contributed by atoms with E-state index in [1.807, 2.05) is 0 Å². The minimum absolute atomic E-state index is 0.0177. The number of aromatic nitrogens is 6. The minimum atomic E-state index is -1.38. The number of tetrazole rings is 1. The maximum Gasteiger partial charge on any atom is 0.407 e. The van der Waals surface area contributed by atoms with Gasteiger partial charge in [0.2, 0.25) is 22.8 Å². The van der Waals surface area contributed by atoms with Crippen molar-refractivity contribution in [1.82, 2.24) is 45.1 Å². The molecule has 3 aromatic rings. The lowest BCUT2D eigenvalue weighted by molar-refractivity contribution is -0.169. The molecule has 4 heterocycles. The standard InChI is InChI=1S/C32H39N11O9S3/c1-31(2,3)50-27(48)21(16-10-8-7-9-11-16)52-38-18(22-36-28(33)55-39-22)23(44)35-19-24(45)43-20(26(46)47)17(14-53-25(19)43)15-54-29-37-40-41-42(29)13-12-34-30(49)51-32(4,5)6/h7-11,19,21,25H,12-15H2,1-6H3,(H,34,49)(H,35,44)(H,46,47)(H2,33,36,39)/b38-18+. The second-order valence-corrected chi connectivity index (χ2v) is 16.7. The number of alkyl carbamates (subject to hydrolysis) is 1. The molecule has 5 N–H and O–H groups in total. The number of amides is 3. The summed E-state index contributed by atoms with van der Waals surface area (Å²) in [6, 6.07) is 7.22. The highest BCUT2D eigenvalue weighted by molar-refractivity contribution is 8.01. The predicted molar refractivity (Wildman–Crippen MR) is 199 cm³/mol. The summed E-state index contributed by atoms with van der Waals surface area (Å²) in [6.45, 7) is 10.7. The zero-order valence-electron chi connectivity index (χ0n) is 30.5. The number of benzene rings is 1. The van der Waals surface area contributed by atoms with Gasteiger partial charge in [0.05, 0.1) is 6.54 Å². The van der Waals surface area contributed by atoms with Gasteiger partial charge in [0.1, 0.15) is 28.3 Å². The van der Waals surface area contributed by atoms with Crippen LogP contribution in [0.25, 0.3) is 0 Å². The molecule has 20 nitrogen and oxygen atoms in total. The van der Waals surface area contributed by atoms with Gasteiger partial charge in [0.25, 0.3) is 11.8 Å². The summed E-state index contributed by atoms with van der Waals surface area (Å²) in [6.07, 6.45) is -1.98. The number of rotatable bonds is 14. The van der Waals surface area contributed by atoms with E-state index in [0.29, 0.717) is 16.3 Å². The number of hydrogen-bond donors (Lipinski definition) is 4. The van der Waals surface area contributed by atoms with Crippen LogP contribution in [0.15, 0.2) is 51.9 Å². The average molecular weight is 818 g/mol. The van der Waals surface area contributed by atoms with E-state index in [9.17, 15) is 29.1 Å². The molecule has 2 aromatic heterocycles. The fourth-order valence-electron chi connectivity index (χ4n) is 5.02. The van der Waals surface area contributed by atoms with Gasteiger partial charge < -0.3 is 35.8 Å². The zero-order valence-corrected chi connectivity index (χ0v) is 33.0. The topological polar surface area (TPSA) is 268 Å². The first-order valence-electron chi connectivity index (χ1n) is 16.6. The smallest absolute Gasteiger partial charge is 0.407 e. The second-order valence-electron chi connectivity index (χ2n) is 13.8. The van der Waals surface area contributed by atoms with E-state index in [-0.39, 0.29) is 41.2 Å². The van der Waals surface area contributed by atoms with Crippen LogP contribution in [-0.4, -0.2) is 116 Å². The molecule has 2 aliphatic heterocycles. The Morgan fingerprint density at radius 2 is 1.82 bits per heavy atom. The van der Waals surface area contributed by atoms with Gasteiger partial charge in [-0.25, -0.2) is 19.1 Å². The molecule has 0 spiro atoms. The Kier molecular flexibility index (Phi) is 12.7. The van der Waals surface area contributed by atoms with Gasteiger partial charge in [-0.15, -0.1) is 16.9 Å². The summed E-state index contributed by atoms with van der Waals surface area (Å²) in [5.41, 5.74) is 4.40. The zero-order chi connectivity index (χ0) is 40.1. The lowest BCUT2D eigenvalue weighted by Crippen LogP contribution is -2.71. The molecule has 23 heteroatoms. The number of hydrogen-bond acceptors (Lipinski definition) is 18. The van der Waals surface area contributed by atoms with E-state index in [2.05, 4.69) is 40.7 Å². The molecular formula is C32H39N11O9S3. The number of carboxylic acids is 1. The molecule has 294 valence electrons. The predicted octanol–water partition coefficient (Wildman–Crippen LogP) is 1.97. The Balaban J connectivity index is 1.28. The quantitative estimate of drug-likeness (QED) is 0.0595. The van der Waals surface area contributed by atoms with E-state index in [1.54, 1.807) is 71.9 Å². The Labute approximate surface area is 327 Å². The molecule has 0 aliphatic carbocycles. The summed E-state index contributed by atoms with van der Waals surface area (Å²) >= 11 is 3.20. The molecule has 1 saturated heterocycles. The number of oxime groups is 1. The SMILES string of the molecule is CC(C)(C)OC(=O)NCCn1nnnc1SCC1=C(C(=O)O)N2C(=O)C(NC(=O)/C(=N/OC(C(=O)OC(C)(C)C)c3ccccc3)c3nsc(N)n3)C2SC1. The normalized spacial score (nSPS) is 17.8. The number of carbonyl (C=O) groups is 5. The number of esters is 1. The molecule has 3 atom stereocenters. The Morgan fingerprint density at radius 1 is 1.11 bits per heavy atom. The summed E-state index contributed by atoms with van der Waals surface area (Å²) in [4.78, 5) is 75.7. The highest BCUT2D eigenvalue weighted by atomic mass is 32.2. The third-order valence-corrected chi connectivity index (χ3v) is 10.2. The number of thioether (sulfide) groups is 2. The van der Waals surface area contributed by atoms with Crippen molar-refractivity contribution in [2.75, 3.05) is 23.8 Å². The lowest BCUT2D eigenvalue weighted by Gasteiger charge is -2.49. The summed E-state index contributed by atoms with van der Waals surface area (Å²) in [7, 11) is 0. The van der Waals surface area contributed by atoms with Gasteiger partial charge in [-0.2, -0.15) is 9.36 Å². The van der Waals surface area contributed by atoms with Gasteiger partial charge in [-0.1, -0.05) is 47.2 Å². The monoisotopic (exact) mass is 817 g/mol. The van der Waals surface area contributed by atoms with Gasteiger partial charge in [0, 0.05) is 35.1 Å². The van der Waals surface area contributed by atoms with Crippen LogP contribution in [-0.2, 0) is 40.0 Å². The number of nitrogens with zero attached hydrogens (tertiary/aromatic N) is 8. The maximum absolute atomic E-state index is 13.7. The number of carbonyl (C=O) groups excluding carboxylic acids is 4. The average Bonchev–Trinajstić information content (AvgIpc) is 3.74. The molecule has 5 rings (SSSR count). The number of nitrogens with two attached hydrogens (primary N) is 1. The highest BCUT2D eigenvalue weighted by Gasteiger charge is 2.54. The second kappa shape index (κ2) is 17.0. The molecule has 1 fully saturated rings. The summed E-state index contributed by atoms with van der Waals surface area (Å²) < 4.78 is 16.3. The van der Waals surface area contributed by atoms with Crippen LogP contribution in [0.5, 0.6) is 0 Å². The largest absolute Gasteiger partial charge is 0.477 e. The molecule has 0 bridgehead atoms. The Morgan fingerprint density at radius 3 is 2.45 bits per heavy atom. The molecule has 2 aliphatic rings. The van der Waals surface area contributed by atoms with Crippen LogP contribution < -0.4 is 16.4 Å². The number of fused-ring (bicyclic) bond motifs is 1. The first-order chi connectivity index (χ1) is 25.9. The number of β-lactam (4-membered cyclic amide) rings is 1. The van der Waals surface area contributed by atoms with E-state index in [0.717, 1.165) is 28.2 Å². The van der Waals surface area contributed by atoms with Crippen LogP contribution in [0.1, 0.15) is 59.0 Å². The van der Waals surface area contributed by atoms with E-state index >= 15 is 0 Å². The van der Waals surface area contributed by atoms with Crippen LogP contribution in [0.2, 0.25) is 0 Å². The molecular weight excluding hydrogens is 779 g/mol. The summed E-state index contributed by atoms with van der Waals surface area (Å²) in [5.74, 6) is -3.58. The van der Waals surface area contributed by atoms with Crippen molar-refractivity contribution in [3.8, 4) is 0 Å². The molecule has 0 saturated carbocycles. The van der Waals surface area contributed by atoms with Crippen molar-refractivity contribution < 1.29 is 43.4 Å². The van der Waals surface area contributed by atoms with Crippen LogP contribution in [0.4, 0.5) is 9.93 Å². The van der Waals surface area contributed by atoms with E-state index in [1.165, 1.54) is 16.4 Å². The number of nitrogen functional groups attached to an aromatic ring is 1. The van der Waals surface area contributed by atoms with Crippen molar-refractivity contribution in [2.24, 2.45) is 5.16 Å². The van der Waals surface area contributed by atoms with Gasteiger partial charge >= 0.3 is 18.0 Å². The van der Waals surface area contributed by atoms with Gasteiger partial charge in [-0.05, 0) is 57.5 Å². The summed E-state index contributed by atoms with van der Waals surface area (Å²) in [5, 5.41) is 30.6. The van der Waals surface area contributed by atoms with E-state index < -0.39 is 64.3 Å². The van der Waals surface area contributed by atoms with Crippen LogP contribution >= 0.6 is 35.1 Å². The van der Waals surface area contributed by atoms with Crippen molar-refractivity contribution in [2.45, 2.75) is 82.0 Å². The van der Waals surface area contributed by atoms with E-state index in [4.69, 9.17) is 20.0 Å². The first kappa shape index (κ1) is 40.9. The third-order valence-electron chi connectivity index (χ3n) is 7.24. The van der Waals surface area contributed by atoms with Gasteiger partial charge in [0.15, 0.2) is 5.13 Å². The minimum Gasteiger partial charge on any atom is -0.477 e. The fraction of sp³-hybridized carbons (Fsp3) is 0.469. The lowest BCUT2D eigenvalue weighted by atomic mass is 10.0. The number of anilines is 1. The number of ether oxygens (including phenoxy) is 2. The number of carboxylic acid groups (broad SMARTS) is 1. The van der Waals surface area contributed by atoms with Crippen LogP contribution in [0, 0.1) is 0 Å². The molecule has 3 amide bonds. The molecule has 3 unspecified atom stereocenters. The third kappa shape index (κ3) is 10.5. The maximum atomic E-state index is 13.7. The fourth-order valence-corrected chi connectivity index (χ4v) is 7.84. The number of aliphatic carboxylic acids is 1. The first-order valence-corrected chi connectivity index (χ1v) is 19.4. The number of nitrogens with one attached hydrogen (secondary N) is 2. The van der Waals surface area contributed by atoms with Crippen molar-refractivity contribution in [1.29, 1.82) is 0 Å². The van der Waals surface area contributed by atoms with Crippen molar-refractivity contribution >= 4 is 75.7 Å². The van der Waals surface area contributed by atoms with Crippen LogP contribution in [0.3, 0.4) is 0 Å². The molecule has 1 aromatic carbocycles. The van der Waals surface area contributed by atoms with Crippen molar-refractivity contribution in [3.05, 3.63) is 53.0 Å². The van der Waals surface area contributed by atoms with Gasteiger partial charge in [-0.3, -0.25) is 14.5 Å².